The zero-order valence-corrected chi connectivity index (χ0v) is 22.3. The van der Waals surface area contributed by atoms with Crippen LogP contribution in [0.3, 0.4) is 0 Å². The molecule has 0 atom stereocenters. The minimum Gasteiger partial charge on any atom is -0.497 e. The molecule has 0 unspecified atom stereocenters. The molecule has 2 heterocycles. The first-order valence-electron chi connectivity index (χ1n) is 11.2. The number of rotatable bonds is 7. The van der Waals surface area contributed by atoms with E-state index in [0.29, 0.717) is 6.54 Å². The van der Waals surface area contributed by atoms with E-state index in [2.05, 4.69) is 49.4 Å². The molecule has 9 heteroatoms. The van der Waals surface area contributed by atoms with Crippen LogP contribution in [0.15, 0.2) is 66.2 Å². The Balaban J connectivity index is 0.00000324. The van der Waals surface area contributed by atoms with Crippen molar-refractivity contribution in [2.24, 2.45) is 4.99 Å². The molecule has 2 aromatic carbocycles. The Morgan fingerprint density at radius 3 is 2.50 bits per heavy atom. The molecule has 4 rings (SSSR count). The highest BCUT2D eigenvalue weighted by atomic mass is 127. The summed E-state index contributed by atoms with van der Waals surface area (Å²) in [6.07, 6.45) is 5.58. The van der Waals surface area contributed by atoms with Crippen molar-refractivity contribution >= 4 is 29.9 Å². The largest absolute Gasteiger partial charge is 0.497 e. The molecule has 1 aromatic heterocycles. The van der Waals surface area contributed by atoms with Gasteiger partial charge in [-0.2, -0.15) is 0 Å². The molecule has 0 spiro atoms. The van der Waals surface area contributed by atoms with Crippen molar-refractivity contribution in [3.05, 3.63) is 72.3 Å². The number of nitrogens with zero attached hydrogens (tertiary/aromatic N) is 5. The van der Waals surface area contributed by atoms with Crippen LogP contribution in [0, 0.1) is 0 Å². The SMILES string of the molecule is CN=C(NCc1ccccc1-n1ccnc1)N1CCN(Cc2cc(OC)ccc2OC)CC1.I. The van der Waals surface area contributed by atoms with Crippen LogP contribution in [0.25, 0.3) is 5.69 Å². The molecule has 34 heavy (non-hydrogen) atoms. The molecule has 1 fully saturated rings. The number of aromatic nitrogens is 2. The third-order valence-corrected chi connectivity index (χ3v) is 5.98. The van der Waals surface area contributed by atoms with Crippen LogP contribution in [0.1, 0.15) is 11.1 Å². The molecular weight excluding hydrogens is 543 g/mol. The van der Waals surface area contributed by atoms with Gasteiger partial charge in [0, 0.05) is 64.3 Å². The van der Waals surface area contributed by atoms with Crippen LogP contribution in [-0.2, 0) is 13.1 Å². The van der Waals surface area contributed by atoms with Crippen molar-refractivity contribution in [1.29, 1.82) is 0 Å². The number of hydrogen-bond acceptors (Lipinski definition) is 5. The highest BCUT2D eigenvalue weighted by Gasteiger charge is 2.21. The fourth-order valence-corrected chi connectivity index (χ4v) is 4.18. The maximum Gasteiger partial charge on any atom is 0.194 e. The lowest BCUT2D eigenvalue weighted by Crippen LogP contribution is -2.52. The van der Waals surface area contributed by atoms with Gasteiger partial charge >= 0.3 is 0 Å². The molecule has 3 aromatic rings. The average molecular weight is 576 g/mol. The predicted octanol–water partition coefficient (Wildman–Crippen LogP) is 3.40. The summed E-state index contributed by atoms with van der Waals surface area (Å²) in [5, 5.41) is 3.54. The molecular formula is C25H33IN6O2. The van der Waals surface area contributed by atoms with Gasteiger partial charge in [0.2, 0.25) is 0 Å². The van der Waals surface area contributed by atoms with Gasteiger partial charge in [0.25, 0.3) is 0 Å². The van der Waals surface area contributed by atoms with Crippen LogP contribution in [-0.4, -0.2) is 72.8 Å². The van der Waals surface area contributed by atoms with Crippen molar-refractivity contribution in [1.82, 2.24) is 24.7 Å². The fourth-order valence-electron chi connectivity index (χ4n) is 4.18. The van der Waals surface area contributed by atoms with Crippen molar-refractivity contribution in [3.63, 3.8) is 0 Å². The summed E-state index contributed by atoms with van der Waals surface area (Å²) in [5.41, 5.74) is 3.46. The molecule has 8 nitrogen and oxygen atoms in total. The number of aliphatic imine (C=N–C) groups is 1. The summed E-state index contributed by atoms with van der Waals surface area (Å²) in [6, 6.07) is 14.3. The van der Waals surface area contributed by atoms with Gasteiger partial charge in [0.15, 0.2) is 5.96 Å². The molecule has 0 radical (unpaired) electrons. The summed E-state index contributed by atoms with van der Waals surface area (Å²) in [6.45, 7) is 5.25. The van der Waals surface area contributed by atoms with E-state index in [9.17, 15) is 0 Å². The normalized spacial score (nSPS) is 14.4. The van der Waals surface area contributed by atoms with Gasteiger partial charge in [-0.1, -0.05) is 18.2 Å². The predicted molar refractivity (Wildman–Crippen MR) is 146 cm³/mol. The smallest absolute Gasteiger partial charge is 0.194 e. The first kappa shape index (κ1) is 25.8. The van der Waals surface area contributed by atoms with E-state index in [-0.39, 0.29) is 24.0 Å². The molecule has 182 valence electrons. The lowest BCUT2D eigenvalue weighted by atomic mass is 10.1. The van der Waals surface area contributed by atoms with Crippen molar-refractivity contribution in [2.45, 2.75) is 13.1 Å². The maximum atomic E-state index is 5.55. The summed E-state index contributed by atoms with van der Waals surface area (Å²) in [7, 11) is 5.25. The fraction of sp³-hybridized carbons (Fsp3) is 0.360. The number of ether oxygens (including phenoxy) is 2. The van der Waals surface area contributed by atoms with Gasteiger partial charge < -0.3 is 24.3 Å². The first-order chi connectivity index (χ1) is 16.2. The van der Waals surface area contributed by atoms with E-state index < -0.39 is 0 Å². The van der Waals surface area contributed by atoms with Gasteiger partial charge in [-0.3, -0.25) is 9.89 Å². The number of piperazine rings is 1. The number of guanidine groups is 1. The Morgan fingerprint density at radius 1 is 1.03 bits per heavy atom. The van der Waals surface area contributed by atoms with Gasteiger partial charge in [0.1, 0.15) is 11.5 Å². The van der Waals surface area contributed by atoms with E-state index in [1.54, 1.807) is 20.4 Å². The number of para-hydroxylation sites is 1. The van der Waals surface area contributed by atoms with E-state index in [4.69, 9.17) is 9.47 Å². The van der Waals surface area contributed by atoms with Crippen molar-refractivity contribution in [3.8, 4) is 17.2 Å². The van der Waals surface area contributed by atoms with E-state index >= 15 is 0 Å². The Kier molecular flexibility index (Phi) is 9.58. The van der Waals surface area contributed by atoms with E-state index in [1.807, 2.05) is 42.3 Å². The molecule has 1 saturated heterocycles. The first-order valence-corrected chi connectivity index (χ1v) is 11.2. The molecule has 1 aliphatic heterocycles. The van der Waals surface area contributed by atoms with E-state index in [1.165, 1.54) is 5.56 Å². The molecule has 0 amide bonds. The number of imidazole rings is 1. The zero-order valence-electron chi connectivity index (χ0n) is 20.0. The number of halogens is 1. The molecule has 0 saturated carbocycles. The summed E-state index contributed by atoms with van der Waals surface area (Å²) >= 11 is 0. The Hall–Kier alpha value is -2.79. The topological polar surface area (TPSA) is 67.2 Å². The Bertz CT molecular complexity index is 1070. The monoisotopic (exact) mass is 576 g/mol. The summed E-state index contributed by atoms with van der Waals surface area (Å²) in [4.78, 5) is 13.5. The third kappa shape index (κ3) is 6.20. The lowest BCUT2D eigenvalue weighted by molar-refractivity contribution is 0.171. The van der Waals surface area contributed by atoms with Gasteiger partial charge in [-0.15, -0.1) is 24.0 Å². The molecule has 0 bridgehead atoms. The molecule has 1 N–H and O–H groups in total. The van der Waals surface area contributed by atoms with Gasteiger partial charge in [-0.25, -0.2) is 4.98 Å². The molecule has 0 aliphatic carbocycles. The number of benzene rings is 2. The lowest BCUT2D eigenvalue weighted by Gasteiger charge is -2.36. The van der Waals surface area contributed by atoms with Crippen LogP contribution in [0.4, 0.5) is 0 Å². The van der Waals surface area contributed by atoms with Crippen molar-refractivity contribution in [2.75, 3.05) is 47.4 Å². The second kappa shape index (κ2) is 12.6. The average Bonchev–Trinajstić information content (AvgIpc) is 3.40. The summed E-state index contributed by atoms with van der Waals surface area (Å²) < 4.78 is 13.0. The quantitative estimate of drug-likeness (QED) is 0.264. The number of methoxy groups -OCH3 is 2. The van der Waals surface area contributed by atoms with Gasteiger partial charge in [-0.05, 0) is 29.8 Å². The maximum absolute atomic E-state index is 5.55. The van der Waals surface area contributed by atoms with Crippen molar-refractivity contribution < 1.29 is 9.47 Å². The van der Waals surface area contributed by atoms with Gasteiger partial charge in [0.05, 0.1) is 26.2 Å². The minimum atomic E-state index is 0. The summed E-state index contributed by atoms with van der Waals surface area (Å²) in [5.74, 6) is 2.67. The Morgan fingerprint density at radius 2 is 1.82 bits per heavy atom. The standard InChI is InChI=1S/C25H32N6O2.HI/c1-26-25(28-17-20-6-4-5-7-23(20)31-11-10-27-19-31)30-14-12-29(13-15-30)18-21-16-22(32-2)8-9-24(21)33-3;/h4-11,16,19H,12-15,17-18H2,1-3H3,(H,26,28);1H. The van der Waals surface area contributed by atoms with Crippen LogP contribution < -0.4 is 14.8 Å². The molecule has 1 aliphatic rings. The highest BCUT2D eigenvalue weighted by Crippen LogP contribution is 2.25. The Labute approximate surface area is 218 Å². The second-order valence-electron chi connectivity index (χ2n) is 7.94. The zero-order chi connectivity index (χ0) is 23.0. The third-order valence-electron chi connectivity index (χ3n) is 5.98. The minimum absolute atomic E-state index is 0. The highest BCUT2D eigenvalue weighted by molar-refractivity contribution is 14.0. The van der Waals surface area contributed by atoms with Crippen LogP contribution >= 0.6 is 24.0 Å². The number of hydrogen-bond donors (Lipinski definition) is 1. The van der Waals surface area contributed by atoms with E-state index in [0.717, 1.165) is 61.4 Å². The van der Waals surface area contributed by atoms with Crippen LogP contribution in [0.5, 0.6) is 11.5 Å². The number of nitrogens with one attached hydrogen (secondary N) is 1. The van der Waals surface area contributed by atoms with Crippen LogP contribution in [0.2, 0.25) is 0 Å². The second-order valence-corrected chi connectivity index (χ2v) is 7.94.